The van der Waals surface area contributed by atoms with Crippen LogP contribution in [0, 0.1) is 0 Å². The van der Waals surface area contributed by atoms with Crippen molar-refractivity contribution >= 4 is 15.9 Å². The SMILES string of the molecule is O=C(CN1CCN(Cc2cccc(S(=O)(=O)N3CCOCC3)c2)CC1)NC1CC1. The smallest absolute Gasteiger partial charge is 0.243 e. The summed E-state index contributed by atoms with van der Waals surface area (Å²) < 4.78 is 32.5. The van der Waals surface area contributed by atoms with Crippen LogP contribution >= 0.6 is 0 Å². The number of nitrogens with one attached hydrogen (secondary N) is 1. The standard InChI is InChI=1S/C20H30N4O4S/c25-20(21-18-4-5-18)16-23-8-6-22(7-9-23)15-17-2-1-3-19(14-17)29(26,27)24-10-12-28-13-11-24/h1-3,14,18H,4-13,15-16H2,(H,21,25). The lowest BCUT2D eigenvalue weighted by atomic mass is 10.2. The largest absolute Gasteiger partial charge is 0.379 e. The van der Waals surface area contributed by atoms with Gasteiger partial charge < -0.3 is 10.1 Å². The molecular weight excluding hydrogens is 392 g/mol. The minimum absolute atomic E-state index is 0.127. The average molecular weight is 423 g/mol. The molecule has 0 spiro atoms. The van der Waals surface area contributed by atoms with Gasteiger partial charge in [-0.2, -0.15) is 4.31 Å². The fourth-order valence-corrected chi connectivity index (χ4v) is 5.29. The highest BCUT2D eigenvalue weighted by molar-refractivity contribution is 7.89. The van der Waals surface area contributed by atoms with Gasteiger partial charge in [-0.3, -0.25) is 14.6 Å². The molecule has 8 nitrogen and oxygen atoms in total. The number of hydrogen-bond acceptors (Lipinski definition) is 6. The molecular formula is C20H30N4O4S. The number of morpholine rings is 1. The number of carbonyl (C=O) groups is 1. The predicted molar refractivity (Wildman–Crippen MR) is 109 cm³/mol. The minimum atomic E-state index is -3.47. The third kappa shape index (κ3) is 5.55. The summed E-state index contributed by atoms with van der Waals surface area (Å²) in [5.41, 5.74) is 0.999. The maximum Gasteiger partial charge on any atom is 0.243 e. The van der Waals surface area contributed by atoms with Gasteiger partial charge in [0.25, 0.3) is 0 Å². The van der Waals surface area contributed by atoms with Crippen LogP contribution in [0.2, 0.25) is 0 Å². The third-order valence-corrected chi connectivity index (χ3v) is 7.58. The Morgan fingerprint density at radius 3 is 2.41 bits per heavy atom. The zero-order valence-electron chi connectivity index (χ0n) is 16.8. The molecule has 0 bridgehead atoms. The minimum Gasteiger partial charge on any atom is -0.379 e. The van der Waals surface area contributed by atoms with E-state index in [-0.39, 0.29) is 5.91 Å². The Bertz CT molecular complexity index is 814. The van der Waals surface area contributed by atoms with Crippen molar-refractivity contribution in [3.8, 4) is 0 Å². The zero-order chi connectivity index (χ0) is 20.3. The molecule has 1 aromatic carbocycles. The molecule has 9 heteroatoms. The monoisotopic (exact) mass is 422 g/mol. The highest BCUT2D eigenvalue weighted by Gasteiger charge is 2.27. The lowest BCUT2D eigenvalue weighted by Crippen LogP contribution is -2.49. The highest BCUT2D eigenvalue weighted by atomic mass is 32.2. The Balaban J connectivity index is 1.30. The Morgan fingerprint density at radius 1 is 1.03 bits per heavy atom. The van der Waals surface area contributed by atoms with Crippen molar-refractivity contribution in [2.45, 2.75) is 30.3 Å². The van der Waals surface area contributed by atoms with Crippen LogP contribution in [0.3, 0.4) is 0 Å². The molecule has 1 aromatic rings. The number of benzene rings is 1. The molecule has 2 saturated heterocycles. The zero-order valence-corrected chi connectivity index (χ0v) is 17.6. The number of carbonyl (C=O) groups excluding carboxylic acids is 1. The molecule has 3 aliphatic rings. The lowest BCUT2D eigenvalue weighted by molar-refractivity contribution is -0.122. The molecule has 2 heterocycles. The van der Waals surface area contributed by atoms with Crippen LogP contribution in [0.25, 0.3) is 0 Å². The van der Waals surface area contributed by atoms with Crippen molar-refractivity contribution in [3.63, 3.8) is 0 Å². The summed E-state index contributed by atoms with van der Waals surface area (Å²) in [4.78, 5) is 16.8. The van der Waals surface area contributed by atoms with E-state index in [9.17, 15) is 13.2 Å². The summed E-state index contributed by atoms with van der Waals surface area (Å²) in [5, 5.41) is 3.04. The Kier molecular flexibility index (Phi) is 6.50. The number of hydrogen-bond donors (Lipinski definition) is 1. The van der Waals surface area contributed by atoms with Gasteiger partial charge in [0.2, 0.25) is 15.9 Å². The molecule has 0 atom stereocenters. The molecule has 0 radical (unpaired) electrons. The van der Waals surface area contributed by atoms with E-state index in [2.05, 4.69) is 15.1 Å². The second kappa shape index (κ2) is 9.09. The molecule has 1 aliphatic carbocycles. The molecule has 3 fully saturated rings. The number of rotatable bonds is 7. The van der Waals surface area contributed by atoms with Crippen molar-refractivity contribution in [2.24, 2.45) is 0 Å². The molecule has 4 rings (SSSR count). The number of amides is 1. The quantitative estimate of drug-likeness (QED) is 0.671. The molecule has 1 N–H and O–H groups in total. The fourth-order valence-electron chi connectivity index (χ4n) is 3.81. The van der Waals surface area contributed by atoms with Gasteiger partial charge in [-0.1, -0.05) is 12.1 Å². The third-order valence-electron chi connectivity index (χ3n) is 5.69. The first kappa shape index (κ1) is 20.7. The molecule has 160 valence electrons. The first-order valence-corrected chi connectivity index (χ1v) is 11.9. The van der Waals surface area contributed by atoms with Crippen LogP contribution in [0.15, 0.2) is 29.2 Å². The van der Waals surface area contributed by atoms with Crippen molar-refractivity contribution in [3.05, 3.63) is 29.8 Å². The van der Waals surface area contributed by atoms with Crippen LogP contribution in [-0.4, -0.2) is 93.5 Å². The maximum atomic E-state index is 12.9. The fraction of sp³-hybridized carbons (Fsp3) is 0.650. The molecule has 1 amide bonds. The van der Waals surface area contributed by atoms with Gasteiger partial charge in [-0.05, 0) is 30.5 Å². The number of piperazine rings is 1. The van der Waals surface area contributed by atoms with E-state index >= 15 is 0 Å². The van der Waals surface area contributed by atoms with Crippen LogP contribution < -0.4 is 5.32 Å². The average Bonchev–Trinajstić information content (AvgIpc) is 3.54. The first-order chi connectivity index (χ1) is 14.0. The van der Waals surface area contributed by atoms with E-state index in [1.807, 2.05) is 12.1 Å². The van der Waals surface area contributed by atoms with Crippen molar-refractivity contribution in [2.75, 3.05) is 59.0 Å². The topological polar surface area (TPSA) is 82.2 Å². The van der Waals surface area contributed by atoms with E-state index in [1.54, 1.807) is 12.1 Å². The van der Waals surface area contributed by atoms with Gasteiger partial charge in [-0.25, -0.2) is 8.42 Å². The van der Waals surface area contributed by atoms with Gasteiger partial charge in [-0.15, -0.1) is 0 Å². The Morgan fingerprint density at radius 2 is 1.72 bits per heavy atom. The van der Waals surface area contributed by atoms with Crippen LogP contribution in [-0.2, 0) is 26.1 Å². The summed E-state index contributed by atoms with van der Waals surface area (Å²) in [7, 11) is -3.47. The summed E-state index contributed by atoms with van der Waals surface area (Å²) >= 11 is 0. The summed E-state index contributed by atoms with van der Waals surface area (Å²) in [6.07, 6.45) is 2.22. The second-order valence-electron chi connectivity index (χ2n) is 8.06. The van der Waals surface area contributed by atoms with Gasteiger partial charge in [0.1, 0.15) is 0 Å². The van der Waals surface area contributed by atoms with Gasteiger partial charge in [0.15, 0.2) is 0 Å². The number of sulfonamides is 1. The molecule has 29 heavy (non-hydrogen) atoms. The predicted octanol–water partition coefficient (Wildman–Crippen LogP) is 0.104. The molecule has 2 aliphatic heterocycles. The summed E-state index contributed by atoms with van der Waals surface area (Å²) in [6, 6.07) is 7.67. The van der Waals surface area contributed by atoms with Crippen molar-refractivity contribution in [1.82, 2.24) is 19.4 Å². The second-order valence-corrected chi connectivity index (χ2v) is 10.00. The van der Waals surface area contributed by atoms with Gasteiger partial charge in [0.05, 0.1) is 24.7 Å². The van der Waals surface area contributed by atoms with E-state index in [1.165, 1.54) is 4.31 Å². The lowest BCUT2D eigenvalue weighted by Gasteiger charge is -2.34. The van der Waals surface area contributed by atoms with Crippen molar-refractivity contribution in [1.29, 1.82) is 0 Å². The van der Waals surface area contributed by atoms with Gasteiger partial charge in [0, 0.05) is 51.9 Å². The normalized spacial score (nSPS) is 22.5. The molecule has 0 aromatic heterocycles. The van der Waals surface area contributed by atoms with E-state index in [4.69, 9.17) is 4.74 Å². The number of nitrogens with zero attached hydrogens (tertiary/aromatic N) is 3. The van der Waals surface area contributed by atoms with E-state index < -0.39 is 10.0 Å². The Labute approximate surface area is 172 Å². The van der Waals surface area contributed by atoms with E-state index in [0.717, 1.165) is 44.6 Å². The first-order valence-electron chi connectivity index (χ1n) is 10.4. The molecule has 0 unspecified atom stereocenters. The van der Waals surface area contributed by atoms with Crippen LogP contribution in [0.1, 0.15) is 18.4 Å². The van der Waals surface area contributed by atoms with Gasteiger partial charge >= 0.3 is 0 Å². The van der Waals surface area contributed by atoms with E-state index in [0.29, 0.717) is 50.3 Å². The van der Waals surface area contributed by atoms with Crippen molar-refractivity contribution < 1.29 is 17.9 Å². The summed E-state index contributed by atoms with van der Waals surface area (Å²) in [6.45, 7) is 6.34. The van der Waals surface area contributed by atoms with Crippen LogP contribution in [0.5, 0.6) is 0 Å². The van der Waals surface area contributed by atoms with Crippen LogP contribution in [0.4, 0.5) is 0 Å². The Hall–Kier alpha value is -1.52. The highest BCUT2D eigenvalue weighted by Crippen LogP contribution is 2.20. The maximum absolute atomic E-state index is 12.9. The molecule has 1 saturated carbocycles. The summed E-state index contributed by atoms with van der Waals surface area (Å²) in [5.74, 6) is 0.127. The number of ether oxygens (including phenoxy) is 1.